The lowest BCUT2D eigenvalue weighted by Crippen LogP contribution is -2.02. The highest BCUT2D eigenvalue weighted by Crippen LogP contribution is 2.36. The minimum atomic E-state index is -1.07. The number of nitrogens with one attached hydrogen (secondary N) is 1. The normalized spacial score (nSPS) is 11.5. The molecule has 0 saturated heterocycles. The van der Waals surface area contributed by atoms with E-state index < -0.39 is 5.97 Å². The van der Waals surface area contributed by atoms with Crippen molar-refractivity contribution in [2.75, 3.05) is 7.11 Å². The number of hydrogen-bond acceptors (Lipinski definition) is 5. The quantitative estimate of drug-likeness (QED) is 0.150. The summed E-state index contributed by atoms with van der Waals surface area (Å²) in [6.45, 7) is 0.0382. The molecule has 0 amide bonds. The summed E-state index contributed by atoms with van der Waals surface area (Å²) in [6, 6.07) is 17.3. The molecule has 0 spiro atoms. The minimum Gasteiger partial charge on any atom is -0.493 e. The first-order chi connectivity index (χ1) is 15.9. The third-order valence-corrected chi connectivity index (χ3v) is 6.36. The Morgan fingerprint density at radius 3 is 2.70 bits per heavy atom. The van der Waals surface area contributed by atoms with Gasteiger partial charge in [-0.3, -0.25) is 0 Å². The topological polar surface area (TPSA) is 84.4 Å². The summed E-state index contributed by atoms with van der Waals surface area (Å²) < 4.78 is 25.9. The van der Waals surface area contributed by atoms with E-state index in [9.17, 15) is 14.3 Å². The van der Waals surface area contributed by atoms with E-state index in [0.717, 1.165) is 22.8 Å². The van der Waals surface area contributed by atoms with Crippen molar-refractivity contribution in [2.45, 2.75) is 11.8 Å². The molecular formula is C24H18FIN2O4S. The van der Waals surface area contributed by atoms with Crippen LogP contribution < -0.4 is 9.47 Å². The fourth-order valence-corrected chi connectivity index (χ4v) is 4.67. The zero-order valence-corrected chi connectivity index (χ0v) is 20.3. The van der Waals surface area contributed by atoms with E-state index in [4.69, 9.17) is 9.47 Å². The largest absolute Gasteiger partial charge is 0.493 e. The molecule has 4 rings (SSSR count). The number of thioether (sulfide) groups is 1. The maximum atomic E-state index is 13.9. The number of carboxylic acids is 1. The summed E-state index contributed by atoms with van der Waals surface area (Å²) in [5.41, 5.74) is 2.64. The average molecular weight is 576 g/mol. The summed E-state index contributed by atoms with van der Waals surface area (Å²) in [5.74, 6) is -0.544. The first kappa shape index (κ1) is 23.1. The molecule has 168 valence electrons. The summed E-state index contributed by atoms with van der Waals surface area (Å²) in [6.07, 6.45) is 1.55. The number of benzene rings is 3. The van der Waals surface area contributed by atoms with Crippen molar-refractivity contribution in [3.05, 3.63) is 86.1 Å². The second-order valence-corrected chi connectivity index (χ2v) is 9.08. The van der Waals surface area contributed by atoms with Gasteiger partial charge in [0.25, 0.3) is 0 Å². The number of carboxylic acid groups (broad SMARTS) is 1. The lowest BCUT2D eigenvalue weighted by atomic mass is 10.2. The molecule has 0 bridgehead atoms. The molecule has 1 heterocycles. The Bertz CT molecular complexity index is 1320. The van der Waals surface area contributed by atoms with Crippen LogP contribution in [-0.4, -0.2) is 28.2 Å². The number of H-pyrrole nitrogens is 1. The van der Waals surface area contributed by atoms with Crippen LogP contribution in [0.5, 0.6) is 11.5 Å². The number of carbonyl (C=O) groups is 1. The standard InChI is InChI=1S/C24H18FIN2O4S/c1-31-20-11-14(10-17(26)22(20)32-13-15-6-2-3-7-16(15)25)12-21(23(29)30)33-24-27-18-8-4-5-9-19(18)28-24/h2-12H,13H2,1H3,(H,27,28)(H,29,30)/b21-12-. The number of rotatable bonds is 8. The fourth-order valence-electron chi connectivity index (χ4n) is 3.10. The van der Waals surface area contributed by atoms with Gasteiger partial charge in [0.2, 0.25) is 0 Å². The number of imidazole rings is 1. The molecule has 0 radical (unpaired) electrons. The van der Waals surface area contributed by atoms with Gasteiger partial charge in [-0.1, -0.05) is 30.3 Å². The van der Waals surface area contributed by atoms with Gasteiger partial charge in [-0.15, -0.1) is 0 Å². The number of aromatic nitrogens is 2. The van der Waals surface area contributed by atoms with Crippen LogP contribution in [-0.2, 0) is 11.4 Å². The zero-order chi connectivity index (χ0) is 23.4. The van der Waals surface area contributed by atoms with Crippen molar-refractivity contribution < 1.29 is 23.8 Å². The van der Waals surface area contributed by atoms with Crippen molar-refractivity contribution in [3.63, 3.8) is 0 Å². The average Bonchev–Trinajstić information content (AvgIpc) is 3.21. The van der Waals surface area contributed by atoms with E-state index in [0.29, 0.717) is 31.4 Å². The van der Waals surface area contributed by atoms with Gasteiger partial charge in [-0.25, -0.2) is 14.2 Å². The molecule has 0 aliphatic heterocycles. The molecule has 2 N–H and O–H groups in total. The van der Waals surface area contributed by atoms with Gasteiger partial charge in [0.15, 0.2) is 16.7 Å². The van der Waals surface area contributed by atoms with E-state index in [1.165, 1.54) is 13.2 Å². The number of aliphatic carboxylic acids is 1. The molecule has 0 unspecified atom stereocenters. The summed E-state index contributed by atoms with van der Waals surface area (Å²) in [5, 5.41) is 10.2. The maximum absolute atomic E-state index is 13.9. The highest BCUT2D eigenvalue weighted by atomic mass is 127. The Balaban J connectivity index is 1.60. The second kappa shape index (κ2) is 10.3. The van der Waals surface area contributed by atoms with Crippen LogP contribution >= 0.6 is 34.4 Å². The van der Waals surface area contributed by atoms with Crippen LogP contribution in [0.15, 0.2) is 70.7 Å². The van der Waals surface area contributed by atoms with Gasteiger partial charge in [-0.2, -0.15) is 0 Å². The Morgan fingerprint density at radius 2 is 1.97 bits per heavy atom. The lowest BCUT2D eigenvalue weighted by Gasteiger charge is -2.14. The first-order valence-corrected chi connectivity index (χ1v) is 11.7. The third-order valence-electron chi connectivity index (χ3n) is 4.66. The smallest absolute Gasteiger partial charge is 0.342 e. The Hall–Kier alpha value is -3.05. The number of aromatic amines is 1. The van der Waals surface area contributed by atoms with Gasteiger partial charge in [0, 0.05) is 5.56 Å². The summed E-state index contributed by atoms with van der Waals surface area (Å²) in [4.78, 5) is 19.5. The number of halogens is 2. The highest BCUT2D eigenvalue weighted by Gasteiger charge is 2.16. The number of hydrogen-bond donors (Lipinski definition) is 2. The molecule has 33 heavy (non-hydrogen) atoms. The predicted molar refractivity (Wildman–Crippen MR) is 134 cm³/mol. The van der Waals surface area contributed by atoms with E-state index in [1.54, 1.807) is 36.4 Å². The molecule has 3 aromatic carbocycles. The molecule has 4 aromatic rings. The van der Waals surface area contributed by atoms with Gasteiger partial charge in [0.05, 0.1) is 21.7 Å². The predicted octanol–water partition coefficient (Wildman–Crippen LogP) is 6.11. The van der Waals surface area contributed by atoms with Crippen LogP contribution in [0.3, 0.4) is 0 Å². The fraction of sp³-hybridized carbons (Fsp3) is 0.0833. The van der Waals surface area contributed by atoms with Crippen molar-refractivity contribution in [2.24, 2.45) is 0 Å². The first-order valence-electron chi connectivity index (χ1n) is 9.76. The zero-order valence-electron chi connectivity index (χ0n) is 17.3. The second-order valence-electron chi connectivity index (χ2n) is 6.89. The van der Waals surface area contributed by atoms with E-state index in [-0.39, 0.29) is 17.3 Å². The van der Waals surface area contributed by atoms with Crippen LogP contribution in [0.1, 0.15) is 11.1 Å². The summed E-state index contributed by atoms with van der Waals surface area (Å²) >= 11 is 3.11. The van der Waals surface area contributed by atoms with Gasteiger partial charge in [-0.05, 0) is 76.3 Å². The molecular weight excluding hydrogens is 558 g/mol. The Labute approximate surface area is 207 Å². The highest BCUT2D eigenvalue weighted by molar-refractivity contribution is 14.1. The van der Waals surface area contributed by atoms with Crippen LogP contribution in [0.25, 0.3) is 17.1 Å². The molecule has 0 aliphatic carbocycles. The number of para-hydroxylation sites is 2. The number of nitrogens with zero attached hydrogens (tertiary/aromatic N) is 1. The number of fused-ring (bicyclic) bond motifs is 1. The Kier molecular flexibility index (Phi) is 7.19. The van der Waals surface area contributed by atoms with Crippen LogP contribution in [0.4, 0.5) is 4.39 Å². The SMILES string of the molecule is COc1cc(/C=C(\Sc2nc3ccccc3[nH]2)C(=O)O)cc(I)c1OCc1ccccc1F. The monoisotopic (exact) mass is 576 g/mol. The van der Waals surface area contributed by atoms with E-state index in [2.05, 4.69) is 32.6 Å². The summed E-state index contributed by atoms with van der Waals surface area (Å²) in [7, 11) is 1.50. The van der Waals surface area contributed by atoms with Crippen molar-refractivity contribution in [1.29, 1.82) is 0 Å². The van der Waals surface area contributed by atoms with Crippen molar-refractivity contribution >= 4 is 57.4 Å². The maximum Gasteiger partial charge on any atom is 0.342 e. The van der Waals surface area contributed by atoms with Gasteiger partial charge < -0.3 is 19.6 Å². The van der Waals surface area contributed by atoms with E-state index >= 15 is 0 Å². The molecule has 9 heteroatoms. The van der Waals surface area contributed by atoms with Gasteiger partial charge in [0.1, 0.15) is 17.3 Å². The number of methoxy groups -OCH3 is 1. The minimum absolute atomic E-state index is 0.0382. The van der Waals surface area contributed by atoms with Crippen molar-refractivity contribution in [3.8, 4) is 11.5 Å². The lowest BCUT2D eigenvalue weighted by molar-refractivity contribution is -0.131. The Morgan fingerprint density at radius 1 is 1.21 bits per heavy atom. The molecule has 6 nitrogen and oxygen atoms in total. The third kappa shape index (κ3) is 5.48. The molecule has 0 fully saturated rings. The number of ether oxygens (including phenoxy) is 2. The molecule has 0 atom stereocenters. The van der Waals surface area contributed by atoms with E-state index in [1.807, 2.05) is 24.3 Å². The van der Waals surface area contributed by atoms with Crippen LogP contribution in [0, 0.1) is 9.39 Å². The van der Waals surface area contributed by atoms with Crippen molar-refractivity contribution in [1.82, 2.24) is 9.97 Å². The molecule has 1 aromatic heterocycles. The van der Waals surface area contributed by atoms with Gasteiger partial charge >= 0.3 is 5.97 Å². The molecule has 0 aliphatic rings. The molecule has 0 saturated carbocycles. The van der Waals surface area contributed by atoms with Crippen LogP contribution in [0.2, 0.25) is 0 Å².